The summed E-state index contributed by atoms with van der Waals surface area (Å²) in [5.41, 5.74) is 0.608. The van der Waals surface area contributed by atoms with Crippen LogP contribution in [0.5, 0.6) is 0 Å². The third-order valence-electron chi connectivity index (χ3n) is 4.75. The average Bonchev–Trinajstić information content (AvgIpc) is 3.00. The number of halogens is 1. The van der Waals surface area contributed by atoms with Crippen molar-refractivity contribution in [3.63, 3.8) is 0 Å². The summed E-state index contributed by atoms with van der Waals surface area (Å²) < 4.78 is 19.3. The number of carbonyl (C=O) groups excluding carboxylic acids is 2. The van der Waals surface area contributed by atoms with Crippen molar-refractivity contribution in [1.82, 2.24) is 14.8 Å². The zero-order valence-electron chi connectivity index (χ0n) is 17.3. The van der Waals surface area contributed by atoms with Gasteiger partial charge in [0.2, 0.25) is 0 Å². The van der Waals surface area contributed by atoms with Crippen molar-refractivity contribution < 1.29 is 18.7 Å². The Balaban J connectivity index is 1.68. The van der Waals surface area contributed by atoms with E-state index in [1.807, 2.05) is 13.8 Å². The first-order valence-corrected chi connectivity index (χ1v) is 10.1. The fourth-order valence-electron chi connectivity index (χ4n) is 3.17. The molecular weight excluding hydrogens is 387 g/mol. The predicted molar refractivity (Wildman–Crippen MR) is 112 cm³/mol. The molecule has 0 spiro atoms. The largest absolute Gasteiger partial charge is 0.449 e. The number of carbonyl (C=O) groups is 2. The van der Waals surface area contributed by atoms with Crippen LogP contribution in [0.25, 0.3) is 0 Å². The maximum absolute atomic E-state index is 14.0. The van der Waals surface area contributed by atoms with E-state index < -0.39 is 5.82 Å². The third-order valence-corrected chi connectivity index (χ3v) is 4.75. The molecule has 0 radical (unpaired) electrons. The molecule has 1 N–H and O–H groups in total. The minimum Gasteiger partial charge on any atom is -0.449 e. The van der Waals surface area contributed by atoms with Crippen molar-refractivity contribution in [2.45, 2.75) is 20.3 Å². The van der Waals surface area contributed by atoms with Gasteiger partial charge in [0.25, 0.3) is 5.91 Å². The van der Waals surface area contributed by atoms with Gasteiger partial charge >= 0.3 is 6.09 Å². The first kappa shape index (κ1) is 21.5. The highest BCUT2D eigenvalue weighted by molar-refractivity contribution is 5.99. The Hall–Kier alpha value is -3.16. The minimum atomic E-state index is -0.424. The number of aromatic nitrogens is 1. The molecule has 1 fully saturated rings. The van der Waals surface area contributed by atoms with E-state index in [-0.39, 0.29) is 23.6 Å². The number of nitrogens with zero attached hydrogens (tertiary/aromatic N) is 3. The first-order valence-electron chi connectivity index (χ1n) is 10.1. The summed E-state index contributed by atoms with van der Waals surface area (Å²) >= 11 is 0. The van der Waals surface area contributed by atoms with Crippen LogP contribution in [0.2, 0.25) is 0 Å². The van der Waals surface area contributed by atoms with Gasteiger partial charge in [-0.15, -0.1) is 0 Å². The Bertz CT molecular complexity index is 890. The molecule has 1 aromatic heterocycles. The maximum atomic E-state index is 14.0. The second kappa shape index (κ2) is 10.0. The van der Waals surface area contributed by atoms with Gasteiger partial charge < -0.3 is 19.9 Å². The molecule has 0 atom stereocenters. The van der Waals surface area contributed by atoms with E-state index in [1.54, 1.807) is 46.3 Å². The molecule has 2 heterocycles. The lowest BCUT2D eigenvalue weighted by atomic mass is 10.2. The second-order valence-corrected chi connectivity index (χ2v) is 7.61. The van der Waals surface area contributed by atoms with Crippen LogP contribution in [-0.2, 0) is 4.74 Å². The molecule has 8 heteroatoms. The highest BCUT2D eigenvalue weighted by atomic mass is 19.1. The molecule has 30 heavy (non-hydrogen) atoms. The summed E-state index contributed by atoms with van der Waals surface area (Å²) in [6.07, 6.45) is 1.86. The van der Waals surface area contributed by atoms with Gasteiger partial charge in [0.05, 0.1) is 17.9 Å². The van der Waals surface area contributed by atoms with Crippen molar-refractivity contribution in [2.75, 3.05) is 38.1 Å². The molecule has 0 unspecified atom stereocenters. The van der Waals surface area contributed by atoms with Gasteiger partial charge in [-0.05, 0) is 36.6 Å². The molecule has 2 aromatic rings. The Kier molecular flexibility index (Phi) is 7.21. The van der Waals surface area contributed by atoms with Crippen LogP contribution in [0.15, 0.2) is 42.6 Å². The molecule has 0 saturated carbocycles. The molecule has 0 bridgehead atoms. The number of ether oxygens (including phenoxy) is 1. The summed E-state index contributed by atoms with van der Waals surface area (Å²) in [5.74, 6) is -0.0683. The zero-order valence-corrected chi connectivity index (χ0v) is 17.3. The van der Waals surface area contributed by atoms with Crippen LogP contribution in [0.4, 0.5) is 20.7 Å². The third kappa shape index (κ3) is 5.46. The van der Waals surface area contributed by atoms with Crippen molar-refractivity contribution in [2.24, 2.45) is 5.92 Å². The molecule has 3 rings (SSSR count). The van der Waals surface area contributed by atoms with E-state index in [4.69, 9.17) is 4.74 Å². The second-order valence-electron chi connectivity index (χ2n) is 7.61. The van der Waals surface area contributed by atoms with Gasteiger partial charge in [0.1, 0.15) is 11.6 Å². The molecule has 1 aromatic carbocycles. The van der Waals surface area contributed by atoms with Crippen molar-refractivity contribution in [3.8, 4) is 0 Å². The Morgan fingerprint density at radius 2 is 1.83 bits per heavy atom. The first-order chi connectivity index (χ1) is 14.5. The number of benzene rings is 1. The highest BCUT2D eigenvalue weighted by Gasteiger charge is 2.25. The van der Waals surface area contributed by atoms with E-state index in [9.17, 15) is 14.0 Å². The number of para-hydroxylation sites is 1. The van der Waals surface area contributed by atoms with Crippen molar-refractivity contribution >= 4 is 23.5 Å². The summed E-state index contributed by atoms with van der Waals surface area (Å²) in [6.45, 7) is 6.18. The Morgan fingerprint density at radius 3 is 2.60 bits per heavy atom. The van der Waals surface area contributed by atoms with E-state index in [0.29, 0.717) is 50.6 Å². The smallest absolute Gasteiger partial charge is 0.409 e. The number of rotatable bonds is 5. The number of pyridine rings is 1. The van der Waals surface area contributed by atoms with Gasteiger partial charge in [-0.2, -0.15) is 0 Å². The van der Waals surface area contributed by atoms with Gasteiger partial charge in [-0.1, -0.05) is 26.0 Å². The minimum absolute atomic E-state index is 0.209. The number of amides is 2. The van der Waals surface area contributed by atoms with E-state index >= 15 is 0 Å². The number of anilines is 2. The fraction of sp³-hybridized carbons (Fsp3) is 0.409. The molecule has 7 nitrogen and oxygen atoms in total. The van der Waals surface area contributed by atoms with Gasteiger partial charge in [0.15, 0.2) is 0 Å². The van der Waals surface area contributed by atoms with Gasteiger partial charge in [-0.3, -0.25) is 4.79 Å². The fourth-order valence-corrected chi connectivity index (χ4v) is 3.17. The van der Waals surface area contributed by atoms with Crippen LogP contribution >= 0.6 is 0 Å². The van der Waals surface area contributed by atoms with E-state index in [0.717, 1.165) is 0 Å². The lowest BCUT2D eigenvalue weighted by molar-refractivity contribution is 0.0747. The summed E-state index contributed by atoms with van der Waals surface area (Å²) in [7, 11) is 0. The van der Waals surface area contributed by atoms with Gasteiger partial charge in [-0.25, -0.2) is 14.2 Å². The standard InChI is InChI=1S/C22H27FN4O3/c1-16(2)15-30-22(29)27-12-6-11-26(13-14-27)21(28)17-7-5-10-24-20(17)25-19-9-4-3-8-18(19)23/h3-5,7-10,16H,6,11-15H2,1-2H3,(H,24,25). The highest BCUT2D eigenvalue weighted by Crippen LogP contribution is 2.22. The number of nitrogens with one attached hydrogen (secondary N) is 1. The lowest BCUT2D eigenvalue weighted by Crippen LogP contribution is -2.38. The molecule has 1 aliphatic heterocycles. The quantitative estimate of drug-likeness (QED) is 0.803. The molecule has 1 aliphatic rings. The molecule has 1 saturated heterocycles. The summed E-state index contributed by atoms with van der Waals surface area (Å²) in [6, 6.07) is 9.57. The SMILES string of the molecule is CC(C)COC(=O)N1CCCN(C(=O)c2cccnc2Nc2ccccc2F)CC1. The number of hydrogen-bond donors (Lipinski definition) is 1. The molecule has 2 amide bonds. The van der Waals surface area contributed by atoms with Crippen LogP contribution < -0.4 is 5.32 Å². The maximum Gasteiger partial charge on any atom is 0.409 e. The van der Waals surface area contributed by atoms with E-state index in [2.05, 4.69) is 10.3 Å². The average molecular weight is 414 g/mol. The number of hydrogen-bond acceptors (Lipinski definition) is 5. The lowest BCUT2D eigenvalue weighted by Gasteiger charge is -2.23. The molecule has 160 valence electrons. The van der Waals surface area contributed by atoms with Crippen LogP contribution in [0, 0.1) is 11.7 Å². The van der Waals surface area contributed by atoms with E-state index in [1.165, 1.54) is 6.07 Å². The Morgan fingerprint density at radius 1 is 1.10 bits per heavy atom. The monoisotopic (exact) mass is 414 g/mol. The Labute approximate surface area is 175 Å². The predicted octanol–water partition coefficient (Wildman–Crippen LogP) is 3.90. The van der Waals surface area contributed by atoms with Crippen molar-refractivity contribution in [3.05, 3.63) is 54.0 Å². The van der Waals surface area contributed by atoms with Crippen LogP contribution in [0.3, 0.4) is 0 Å². The summed E-state index contributed by atoms with van der Waals surface area (Å²) in [5, 5.41) is 2.91. The van der Waals surface area contributed by atoms with Gasteiger partial charge in [0, 0.05) is 32.4 Å². The van der Waals surface area contributed by atoms with Crippen LogP contribution in [-0.4, -0.2) is 59.6 Å². The zero-order chi connectivity index (χ0) is 21.5. The van der Waals surface area contributed by atoms with Crippen molar-refractivity contribution in [1.29, 1.82) is 0 Å². The van der Waals surface area contributed by atoms with Crippen LogP contribution in [0.1, 0.15) is 30.6 Å². The topological polar surface area (TPSA) is 74.8 Å². The normalized spacial score (nSPS) is 14.4. The summed E-state index contributed by atoms with van der Waals surface area (Å²) in [4.78, 5) is 33.0. The molecule has 0 aliphatic carbocycles. The molecular formula is C22H27FN4O3.